The Morgan fingerprint density at radius 1 is 1.50 bits per heavy atom. The highest BCUT2D eigenvalue weighted by molar-refractivity contribution is 14.1. The third-order valence-electron chi connectivity index (χ3n) is 1.30. The zero-order chi connectivity index (χ0) is 10.9. The van der Waals surface area contributed by atoms with Crippen LogP contribution in [0.15, 0.2) is 10.7 Å². The quantitative estimate of drug-likeness (QED) is 0.547. The Morgan fingerprint density at radius 2 is 2.07 bits per heavy atom. The maximum absolute atomic E-state index is 11.9. The zero-order valence-corrected chi connectivity index (χ0v) is 10.6. The number of halogens is 5. The van der Waals surface area contributed by atoms with E-state index in [1.165, 1.54) is 13.0 Å². The van der Waals surface area contributed by atoms with Crippen LogP contribution in [0.2, 0.25) is 0 Å². The van der Waals surface area contributed by atoms with Crippen molar-refractivity contribution < 1.29 is 17.9 Å². The summed E-state index contributed by atoms with van der Waals surface area (Å²) in [5.41, 5.74) is 0.383. The summed E-state index contributed by atoms with van der Waals surface area (Å²) in [5, 5.41) is 0. The van der Waals surface area contributed by atoms with Gasteiger partial charge in [-0.3, -0.25) is 0 Å². The summed E-state index contributed by atoms with van der Waals surface area (Å²) < 4.78 is 40.2. The first-order valence-electron chi connectivity index (χ1n) is 3.38. The van der Waals surface area contributed by atoms with Gasteiger partial charge in [0.15, 0.2) is 5.75 Å². The van der Waals surface area contributed by atoms with Crippen LogP contribution in [-0.4, -0.2) is 11.3 Å². The molecule has 0 fully saturated rings. The predicted octanol–water partition coefficient (Wildman–Crippen LogP) is 3.66. The van der Waals surface area contributed by atoms with E-state index in [9.17, 15) is 13.2 Å². The van der Waals surface area contributed by atoms with Gasteiger partial charge >= 0.3 is 6.36 Å². The molecule has 0 radical (unpaired) electrons. The summed E-state index contributed by atoms with van der Waals surface area (Å²) in [5.74, 6) is -0.294. The van der Waals surface area contributed by atoms with Gasteiger partial charge in [0.1, 0.15) is 8.30 Å². The second kappa shape index (κ2) is 4.21. The molecule has 0 aromatic carbocycles. The van der Waals surface area contributed by atoms with Crippen molar-refractivity contribution in [2.24, 2.45) is 0 Å². The van der Waals surface area contributed by atoms with Crippen molar-refractivity contribution in [3.05, 3.63) is 19.9 Å². The summed E-state index contributed by atoms with van der Waals surface area (Å²) >= 11 is 4.82. The molecule has 7 heteroatoms. The molecule has 0 saturated carbocycles. The van der Waals surface area contributed by atoms with E-state index in [0.29, 0.717) is 9.26 Å². The van der Waals surface area contributed by atoms with E-state index in [1.807, 2.05) is 22.6 Å². The van der Waals surface area contributed by atoms with E-state index in [4.69, 9.17) is 0 Å². The fraction of sp³-hybridized carbons (Fsp3) is 0.286. The molecule has 0 aliphatic rings. The minimum Gasteiger partial charge on any atom is -0.403 e. The van der Waals surface area contributed by atoms with E-state index in [1.54, 1.807) is 0 Å². The van der Waals surface area contributed by atoms with Crippen molar-refractivity contribution in [1.82, 2.24) is 4.98 Å². The number of aromatic nitrogens is 1. The monoisotopic (exact) mass is 381 g/mol. The first-order valence-corrected chi connectivity index (χ1v) is 5.25. The molecular formula is C7H4BrF3INO. The van der Waals surface area contributed by atoms with E-state index >= 15 is 0 Å². The van der Waals surface area contributed by atoms with Crippen molar-refractivity contribution in [1.29, 1.82) is 0 Å². The van der Waals surface area contributed by atoms with Gasteiger partial charge in [-0.25, -0.2) is 4.98 Å². The molecule has 1 aromatic rings. The van der Waals surface area contributed by atoms with Crippen molar-refractivity contribution in [3.8, 4) is 5.75 Å². The smallest absolute Gasteiger partial charge is 0.403 e. The van der Waals surface area contributed by atoms with E-state index in [0.717, 1.165) is 0 Å². The Kier molecular flexibility index (Phi) is 3.62. The van der Waals surface area contributed by atoms with Gasteiger partial charge in [-0.05, 0) is 57.1 Å². The molecule has 1 heterocycles. The average molecular weight is 382 g/mol. The van der Waals surface area contributed by atoms with Crippen LogP contribution in [0.3, 0.4) is 0 Å². The van der Waals surface area contributed by atoms with Crippen molar-refractivity contribution in [3.63, 3.8) is 0 Å². The Labute approximate surface area is 100 Å². The maximum atomic E-state index is 11.9. The standard InChI is InChI=1S/C7H4BrF3INO/c1-3-2-4(12)13-6(8)5(3)14-7(9,10)11/h2H,1H3. The zero-order valence-electron chi connectivity index (χ0n) is 6.82. The lowest BCUT2D eigenvalue weighted by Crippen LogP contribution is -2.18. The van der Waals surface area contributed by atoms with Gasteiger partial charge in [-0.2, -0.15) is 0 Å². The van der Waals surface area contributed by atoms with Crippen LogP contribution in [0.4, 0.5) is 13.2 Å². The largest absolute Gasteiger partial charge is 0.573 e. The lowest BCUT2D eigenvalue weighted by molar-refractivity contribution is -0.275. The minimum atomic E-state index is -4.69. The van der Waals surface area contributed by atoms with Gasteiger partial charge in [-0.1, -0.05) is 0 Å². The van der Waals surface area contributed by atoms with Crippen LogP contribution < -0.4 is 4.74 Å². The molecule has 14 heavy (non-hydrogen) atoms. The lowest BCUT2D eigenvalue weighted by Gasteiger charge is -2.12. The third kappa shape index (κ3) is 3.26. The Balaban J connectivity index is 3.09. The first kappa shape index (κ1) is 12.0. The van der Waals surface area contributed by atoms with Crippen LogP contribution in [0.1, 0.15) is 5.56 Å². The molecule has 2 nitrogen and oxygen atoms in total. The van der Waals surface area contributed by atoms with E-state index in [-0.39, 0.29) is 10.4 Å². The number of pyridine rings is 1. The molecule has 0 N–H and O–H groups in total. The number of aryl methyl sites for hydroxylation is 1. The van der Waals surface area contributed by atoms with Crippen LogP contribution in [0, 0.1) is 10.6 Å². The predicted molar refractivity (Wildman–Crippen MR) is 56.1 cm³/mol. The number of hydrogen-bond donors (Lipinski definition) is 0. The summed E-state index contributed by atoms with van der Waals surface area (Å²) in [7, 11) is 0. The Hall–Kier alpha value is -0.0500. The normalized spacial score (nSPS) is 11.6. The third-order valence-corrected chi connectivity index (χ3v) is 2.39. The molecule has 1 rings (SSSR count). The molecule has 0 spiro atoms. The number of hydrogen-bond acceptors (Lipinski definition) is 2. The second-order valence-corrected chi connectivity index (χ2v) is 4.29. The summed E-state index contributed by atoms with van der Waals surface area (Å²) in [6.45, 7) is 1.52. The molecule has 0 aliphatic carbocycles. The second-order valence-electron chi connectivity index (χ2n) is 2.43. The maximum Gasteiger partial charge on any atom is 0.573 e. The van der Waals surface area contributed by atoms with Crippen LogP contribution in [-0.2, 0) is 0 Å². The SMILES string of the molecule is Cc1cc(I)nc(Br)c1OC(F)(F)F. The van der Waals surface area contributed by atoms with E-state index in [2.05, 4.69) is 25.7 Å². The Morgan fingerprint density at radius 3 is 2.50 bits per heavy atom. The lowest BCUT2D eigenvalue weighted by atomic mass is 10.3. The highest BCUT2D eigenvalue weighted by atomic mass is 127. The van der Waals surface area contributed by atoms with Crippen molar-refractivity contribution >= 4 is 38.5 Å². The molecule has 0 aliphatic heterocycles. The topological polar surface area (TPSA) is 22.1 Å². The summed E-state index contributed by atoms with van der Waals surface area (Å²) in [6, 6.07) is 1.51. The minimum absolute atomic E-state index is 0.0548. The fourth-order valence-electron chi connectivity index (χ4n) is 0.822. The fourth-order valence-corrected chi connectivity index (χ4v) is 2.45. The number of rotatable bonds is 1. The van der Waals surface area contributed by atoms with Gasteiger partial charge in [0.2, 0.25) is 0 Å². The Bertz CT molecular complexity index is 332. The number of nitrogens with zero attached hydrogens (tertiary/aromatic N) is 1. The molecule has 0 unspecified atom stereocenters. The number of alkyl halides is 3. The number of ether oxygens (including phenoxy) is 1. The van der Waals surface area contributed by atoms with Crippen molar-refractivity contribution in [2.75, 3.05) is 0 Å². The van der Waals surface area contributed by atoms with Crippen LogP contribution in [0.5, 0.6) is 5.75 Å². The molecule has 1 aromatic heterocycles. The first-order chi connectivity index (χ1) is 6.29. The van der Waals surface area contributed by atoms with Crippen LogP contribution in [0.25, 0.3) is 0 Å². The molecule has 0 amide bonds. The van der Waals surface area contributed by atoms with Gasteiger partial charge in [0, 0.05) is 0 Å². The molecule has 0 bridgehead atoms. The summed E-state index contributed by atoms with van der Waals surface area (Å²) in [4.78, 5) is 3.80. The van der Waals surface area contributed by atoms with Gasteiger partial charge in [-0.15, -0.1) is 13.2 Å². The van der Waals surface area contributed by atoms with Crippen molar-refractivity contribution in [2.45, 2.75) is 13.3 Å². The molecule has 0 saturated heterocycles. The van der Waals surface area contributed by atoms with E-state index < -0.39 is 6.36 Å². The van der Waals surface area contributed by atoms with Gasteiger partial charge < -0.3 is 4.74 Å². The molecule has 0 atom stereocenters. The molecular weight excluding hydrogens is 378 g/mol. The highest BCUT2D eigenvalue weighted by Gasteiger charge is 2.33. The van der Waals surface area contributed by atoms with Gasteiger partial charge in [0.25, 0.3) is 0 Å². The van der Waals surface area contributed by atoms with Gasteiger partial charge in [0.05, 0.1) is 0 Å². The average Bonchev–Trinajstić information content (AvgIpc) is 1.95. The summed E-state index contributed by atoms with van der Waals surface area (Å²) in [6.07, 6.45) is -4.69. The molecule has 78 valence electrons. The van der Waals surface area contributed by atoms with Crippen LogP contribution >= 0.6 is 38.5 Å². The highest BCUT2D eigenvalue weighted by Crippen LogP contribution is 2.32.